The van der Waals surface area contributed by atoms with Crippen molar-refractivity contribution in [3.63, 3.8) is 0 Å². The maximum absolute atomic E-state index is 4.48. The van der Waals surface area contributed by atoms with Gasteiger partial charge < -0.3 is 15.2 Å². The minimum Gasteiger partial charge on any atom is -0.355 e. The van der Waals surface area contributed by atoms with Gasteiger partial charge in [-0.1, -0.05) is 24.3 Å². The highest BCUT2D eigenvalue weighted by molar-refractivity contribution is 14.0. The van der Waals surface area contributed by atoms with Crippen LogP contribution in [-0.2, 0) is 13.1 Å². The van der Waals surface area contributed by atoms with Gasteiger partial charge in [-0.05, 0) is 23.8 Å². The standard InChI is InChI=1S/C18H21N5.HI/c1-19-18(21-10-13-23-11-2-3-12-23)22-14-16-7-4-6-15-8-5-9-20-17(15)16;/h2-9,11-12H,10,13-14H2,1H3,(H2,19,21,22);1H. The van der Waals surface area contributed by atoms with Crippen LogP contribution in [0.4, 0.5) is 0 Å². The van der Waals surface area contributed by atoms with Gasteiger partial charge in [0, 0.05) is 50.7 Å². The van der Waals surface area contributed by atoms with Crippen molar-refractivity contribution in [3.8, 4) is 0 Å². The number of fused-ring (bicyclic) bond motifs is 1. The van der Waals surface area contributed by atoms with E-state index in [1.165, 1.54) is 0 Å². The maximum Gasteiger partial charge on any atom is 0.191 e. The quantitative estimate of drug-likeness (QED) is 0.368. The Morgan fingerprint density at radius 1 is 1.08 bits per heavy atom. The fraction of sp³-hybridized carbons (Fsp3) is 0.222. The average Bonchev–Trinajstić information content (AvgIpc) is 3.11. The summed E-state index contributed by atoms with van der Waals surface area (Å²) in [5.74, 6) is 0.796. The molecule has 2 heterocycles. The topological polar surface area (TPSA) is 54.2 Å². The second kappa shape index (κ2) is 9.27. The number of hydrogen-bond acceptors (Lipinski definition) is 2. The van der Waals surface area contributed by atoms with Gasteiger partial charge in [0.1, 0.15) is 0 Å². The van der Waals surface area contributed by atoms with E-state index in [1.807, 2.05) is 24.4 Å². The molecular formula is C18H22IN5. The summed E-state index contributed by atoms with van der Waals surface area (Å²) in [6.45, 7) is 2.42. The summed E-state index contributed by atoms with van der Waals surface area (Å²) in [7, 11) is 1.78. The molecule has 0 bridgehead atoms. The predicted octanol–water partition coefficient (Wildman–Crippen LogP) is 3.02. The Bertz CT molecular complexity index is 778. The number of benzene rings is 1. The molecule has 24 heavy (non-hydrogen) atoms. The fourth-order valence-corrected chi connectivity index (χ4v) is 2.53. The summed E-state index contributed by atoms with van der Waals surface area (Å²) in [4.78, 5) is 8.74. The number of hydrogen-bond donors (Lipinski definition) is 2. The van der Waals surface area contributed by atoms with Crippen LogP contribution >= 0.6 is 24.0 Å². The molecular weight excluding hydrogens is 413 g/mol. The molecule has 2 aromatic heterocycles. The minimum atomic E-state index is 0. The van der Waals surface area contributed by atoms with Crippen molar-refractivity contribution in [3.05, 3.63) is 66.6 Å². The molecule has 0 aliphatic rings. The highest BCUT2D eigenvalue weighted by atomic mass is 127. The molecule has 3 aromatic rings. The lowest BCUT2D eigenvalue weighted by Crippen LogP contribution is -2.38. The first-order valence-electron chi connectivity index (χ1n) is 7.75. The number of aliphatic imine (C=N–C) groups is 1. The highest BCUT2D eigenvalue weighted by Crippen LogP contribution is 2.15. The molecule has 0 radical (unpaired) electrons. The summed E-state index contributed by atoms with van der Waals surface area (Å²) in [6.07, 6.45) is 5.94. The number of guanidine groups is 1. The van der Waals surface area contributed by atoms with Gasteiger partial charge >= 0.3 is 0 Å². The molecule has 6 heteroatoms. The van der Waals surface area contributed by atoms with Crippen molar-refractivity contribution in [1.82, 2.24) is 20.2 Å². The highest BCUT2D eigenvalue weighted by Gasteiger charge is 2.03. The summed E-state index contributed by atoms with van der Waals surface area (Å²) < 4.78 is 2.13. The number of para-hydroxylation sites is 1. The lowest BCUT2D eigenvalue weighted by atomic mass is 10.1. The van der Waals surface area contributed by atoms with Gasteiger partial charge in [-0.15, -0.1) is 24.0 Å². The zero-order valence-electron chi connectivity index (χ0n) is 13.6. The van der Waals surface area contributed by atoms with Crippen molar-refractivity contribution >= 4 is 40.8 Å². The third-order valence-electron chi connectivity index (χ3n) is 3.71. The second-order valence-electron chi connectivity index (χ2n) is 5.27. The van der Waals surface area contributed by atoms with Gasteiger partial charge in [0.05, 0.1) is 5.52 Å². The Kier molecular flexibility index (Phi) is 7.05. The third-order valence-corrected chi connectivity index (χ3v) is 3.71. The number of nitrogens with zero attached hydrogens (tertiary/aromatic N) is 3. The fourth-order valence-electron chi connectivity index (χ4n) is 2.53. The van der Waals surface area contributed by atoms with Gasteiger partial charge in [0.25, 0.3) is 0 Å². The van der Waals surface area contributed by atoms with E-state index in [-0.39, 0.29) is 24.0 Å². The Labute approximate surface area is 159 Å². The van der Waals surface area contributed by atoms with E-state index in [9.17, 15) is 0 Å². The first kappa shape index (κ1) is 18.3. The molecule has 0 fully saturated rings. The molecule has 126 valence electrons. The summed E-state index contributed by atoms with van der Waals surface area (Å²) in [5.41, 5.74) is 2.20. The molecule has 0 amide bonds. The lowest BCUT2D eigenvalue weighted by molar-refractivity contribution is 0.665. The van der Waals surface area contributed by atoms with E-state index in [0.717, 1.165) is 35.5 Å². The van der Waals surface area contributed by atoms with Crippen LogP contribution in [0.15, 0.2) is 66.0 Å². The molecule has 5 nitrogen and oxygen atoms in total. The minimum absolute atomic E-state index is 0. The Morgan fingerprint density at radius 3 is 2.67 bits per heavy atom. The molecule has 3 rings (SSSR count). The first-order chi connectivity index (χ1) is 11.4. The van der Waals surface area contributed by atoms with E-state index in [2.05, 4.69) is 61.8 Å². The smallest absolute Gasteiger partial charge is 0.191 e. The number of aromatic nitrogens is 2. The van der Waals surface area contributed by atoms with Crippen LogP contribution in [0.25, 0.3) is 10.9 Å². The Hall–Kier alpha value is -2.09. The van der Waals surface area contributed by atoms with Crippen molar-refractivity contribution in [2.24, 2.45) is 4.99 Å². The third kappa shape index (κ3) is 4.70. The summed E-state index contributed by atoms with van der Waals surface area (Å²) in [6, 6.07) is 14.3. The largest absolute Gasteiger partial charge is 0.355 e. The summed E-state index contributed by atoms with van der Waals surface area (Å²) >= 11 is 0. The van der Waals surface area contributed by atoms with E-state index in [1.54, 1.807) is 7.05 Å². The van der Waals surface area contributed by atoms with Gasteiger partial charge in [-0.2, -0.15) is 0 Å². The van der Waals surface area contributed by atoms with Crippen LogP contribution in [0.5, 0.6) is 0 Å². The van der Waals surface area contributed by atoms with Crippen molar-refractivity contribution in [1.29, 1.82) is 0 Å². The van der Waals surface area contributed by atoms with Crippen LogP contribution in [0.1, 0.15) is 5.56 Å². The van der Waals surface area contributed by atoms with Crippen molar-refractivity contribution in [2.45, 2.75) is 13.1 Å². The molecule has 0 unspecified atom stereocenters. The molecule has 0 saturated carbocycles. The van der Waals surface area contributed by atoms with Gasteiger partial charge in [0.15, 0.2) is 5.96 Å². The Balaban J connectivity index is 0.00000208. The van der Waals surface area contributed by atoms with E-state index >= 15 is 0 Å². The number of nitrogens with one attached hydrogen (secondary N) is 2. The summed E-state index contributed by atoms with van der Waals surface area (Å²) in [5, 5.41) is 7.83. The van der Waals surface area contributed by atoms with E-state index in [0.29, 0.717) is 6.54 Å². The van der Waals surface area contributed by atoms with Crippen LogP contribution in [0, 0.1) is 0 Å². The molecule has 0 saturated heterocycles. The molecule has 0 aliphatic heterocycles. The average molecular weight is 435 g/mol. The molecule has 0 atom stereocenters. The van der Waals surface area contributed by atoms with Gasteiger partial charge in [0.2, 0.25) is 0 Å². The normalized spacial score (nSPS) is 11.1. The zero-order chi connectivity index (χ0) is 15.9. The van der Waals surface area contributed by atoms with Crippen LogP contribution < -0.4 is 10.6 Å². The van der Waals surface area contributed by atoms with Crippen molar-refractivity contribution in [2.75, 3.05) is 13.6 Å². The maximum atomic E-state index is 4.48. The molecule has 1 aromatic carbocycles. The predicted molar refractivity (Wildman–Crippen MR) is 110 cm³/mol. The van der Waals surface area contributed by atoms with Crippen LogP contribution in [0.2, 0.25) is 0 Å². The number of rotatable bonds is 5. The monoisotopic (exact) mass is 435 g/mol. The second-order valence-corrected chi connectivity index (χ2v) is 5.27. The van der Waals surface area contributed by atoms with Gasteiger partial charge in [-0.25, -0.2) is 0 Å². The van der Waals surface area contributed by atoms with Crippen molar-refractivity contribution < 1.29 is 0 Å². The molecule has 0 spiro atoms. The van der Waals surface area contributed by atoms with E-state index < -0.39 is 0 Å². The SMILES string of the molecule is CN=C(NCCn1cccc1)NCc1cccc2cccnc12.I. The van der Waals surface area contributed by atoms with Crippen LogP contribution in [-0.4, -0.2) is 29.1 Å². The van der Waals surface area contributed by atoms with Gasteiger partial charge in [-0.3, -0.25) is 9.98 Å². The molecule has 0 aliphatic carbocycles. The Morgan fingerprint density at radius 2 is 1.88 bits per heavy atom. The first-order valence-corrected chi connectivity index (χ1v) is 7.75. The lowest BCUT2D eigenvalue weighted by Gasteiger charge is -2.13. The van der Waals surface area contributed by atoms with Crippen LogP contribution in [0.3, 0.4) is 0 Å². The number of halogens is 1. The molecule has 2 N–H and O–H groups in total. The zero-order valence-corrected chi connectivity index (χ0v) is 16.0. The number of pyridine rings is 1. The van der Waals surface area contributed by atoms with E-state index in [4.69, 9.17) is 0 Å².